The molecule has 3 aromatic heterocycles. The van der Waals surface area contributed by atoms with Gasteiger partial charge in [-0.1, -0.05) is 5.16 Å². The van der Waals surface area contributed by atoms with Crippen LogP contribution in [0.4, 0.5) is 0 Å². The summed E-state index contributed by atoms with van der Waals surface area (Å²) in [7, 11) is 0. The number of nitrogens with one attached hydrogen (secondary N) is 1. The van der Waals surface area contributed by atoms with Crippen LogP contribution in [-0.4, -0.2) is 31.3 Å². The highest BCUT2D eigenvalue weighted by atomic mass is 16.5. The third kappa shape index (κ3) is 1.63. The molecule has 102 valence electrons. The molecule has 0 saturated carbocycles. The van der Waals surface area contributed by atoms with Crippen LogP contribution in [0.25, 0.3) is 17.0 Å². The van der Waals surface area contributed by atoms with Crippen molar-refractivity contribution in [1.82, 2.24) is 30.1 Å². The number of hydrogen-bond donors (Lipinski definition) is 1. The fraction of sp³-hybridized carbons (Fsp3) is 0.385. The molecule has 0 aliphatic carbocycles. The van der Waals surface area contributed by atoms with Crippen LogP contribution in [-0.2, 0) is 0 Å². The van der Waals surface area contributed by atoms with E-state index in [0.717, 1.165) is 35.6 Å². The van der Waals surface area contributed by atoms with Gasteiger partial charge in [-0.3, -0.25) is 0 Å². The van der Waals surface area contributed by atoms with Crippen LogP contribution in [0.5, 0.6) is 0 Å². The van der Waals surface area contributed by atoms with Gasteiger partial charge in [0.25, 0.3) is 0 Å². The molecule has 20 heavy (non-hydrogen) atoms. The van der Waals surface area contributed by atoms with Gasteiger partial charge in [0, 0.05) is 11.4 Å². The lowest BCUT2D eigenvalue weighted by molar-refractivity contribution is 0.273. The second kappa shape index (κ2) is 4.11. The van der Waals surface area contributed by atoms with E-state index in [1.165, 1.54) is 0 Å². The highest BCUT2D eigenvalue weighted by molar-refractivity contribution is 5.72. The summed E-state index contributed by atoms with van der Waals surface area (Å²) in [5.74, 6) is 1.18. The van der Waals surface area contributed by atoms with Gasteiger partial charge in [0.1, 0.15) is 0 Å². The Hall–Kier alpha value is -2.28. The molecule has 0 radical (unpaired) electrons. The van der Waals surface area contributed by atoms with Crippen molar-refractivity contribution in [3.63, 3.8) is 0 Å². The molecule has 4 heterocycles. The SMILES string of the molecule is Cc1cc(C)n2ncc(-c3noc([C@H]4CCN4)n3)c2n1. The van der Waals surface area contributed by atoms with Crippen molar-refractivity contribution >= 4 is 5.65 Å². The molecule has 1 saturated heterocycles. The Balaban J connectivity index is 1.83. The molecule has 0 bridgehead atoms. The summed E-state index contributed by atoms with van der Waals surface area (Å²) in [6.45, 7) is 4.96. The van der Waals surface area contributed by atoms with E-state index in [4.69, 9.17) is 4.52 Å². The Bertz CT molecular complexity index is 785. The number of hydrogen-bond acceptors (Lipinski definition) is 6. The standard InChI is InChI=1S/C13H14N6O/c1-7-5-8(2)19-12(16-7)9(6-15-19)11-17-13(20-18-11)10-3-4-14-10/h5-6,10,14H,3-4H2,1-2H3/t10-/m1/s1. The molecule has 7 heteroatoms. The summed E-state index contributed by atoms with van der Waals surface area (Å²) in [5.41, 5.74) is 3.53. The molecule has 4 rings (SSSR count). The monoisotopic (exact) mass is 270 g/mol. The van der Waals surface area contributed by atoms with Crippen LogP contribution in [0.2, 0.25) is 0 Å². The molecule has 0 unspecified atom stereocenters. The van der Waals surface area contributed by atoms with E-state index in [1.807, 2.05) is 19.9 Å². The van der Waals surface area contributed by atoms with Crippen molar-refractivity contribution < 1.29 is 4.52 Å². The average molecular weight is 270 g/mol. The molecule has 3 aromatic rings. The smallest absolute Gasteiger partial charge is 0.244 e. The first-order chi connectivity index (χ1) is 9.72. The Labute approximate surface area is 115 Å². The van der Waals surface area contributed by atoms with Crippen LogP contribution in [0, 0.1) is 13.8 Å². The van der Waals surface area contributed by atoms with Crippen molar-refractivity contribution in [2.24, 2.45) is 0 Å². The number of rotatable bonds is 2. The van der Waals surface area contributed by atoms with Gasteiger partial charge >= 0.3 is 0 Å². The normalized spacial score (nSPS) is 18.4. The molecular weight excluding hydrogens is 256 g/mol. The van der Waals surface area contributed by atoms with Crippen molar-refractivity contribution in [1.29, 1.82) is 0 Å². The third-order valence-electron chi connectivity index (χ3n) is 3.58. The molecule has 1 aliphatic rings. The van der Waals surface area contributed by atoms with E-state index in [2.05, 4.69) is 25.5 Å². The van der Waals surface area contributed by atoms with Crippen molar-refractivity contribution in [2.45, 2.75) is 26.3 Å². The maximum atomic E-state index is 5.31. The molecule has 1 N–H and O–H groups in total. The van der Waals surface area contributed by atoms with Crippen LogP contribution >= 0.6 is 0 Å². The molecule has 1 fully saturated rings. The van der Waals surface area contributed by atoms with Crippen LogP contribution in [0.1, 0.15) is 29.7 Å². The summed E-state index contributed by atoms with van der Waals surface area (Å²) in [6, 6.07) is 2.18. The van der Waals surface area contributed by atoms with Gasteiger partial charge in [-0.15, -0.1) is 0 Å². The third-order valence-corrected chi connectivity index (χ3v) is 3.58. The molecule has 0 aromatic carbocycles. The lowest BCUT2D eigenvalue weighted by atomic mass is 10.1. The molecule has 0 spiro atoms. The van der Waals surface area contributed by atoms with Crippen LogP contribution < -0.4 is 5.32 Å². The maximum Gasteiger partial charge on any atom is 0.244 e. The summed E-state index contributed by atoms with van der Waals surface area (Å²) in [6.07, 6.45) is 2.77. The fourth-order valence-electron chi connectivity index (χ4n) is 2.41. The topological polar surface area (TPSA) is 81.1 Å². The number of nitrogens with zero attached hydrogens (tertiary/aromatic N) is 5. The fourth-order valence-corrected chi connectivity index (χ4v) is 2.41. The zero-order valence-corrected chi connectivity index (χ0v) is 11.3. The number of fused-ring (bicyclic) bond motifs is 1. The molecule has 1 atom stereocenters. The van der Waals surface area contributed by atoms with Crippen molar-refractivity contribution in [2.75, 3.05) is 6.54 Å². The zero-order chi connectivity index (χ0) is 13.7. The predicted octanol–water partition coefficient (Wildman–Crippen LogP) is 1.43. The Morgan fingerprint density at radius 3 is 2.95 bits per heavy atom. The minimum Gasteiger partial charge on any atom is -0.337 e. The van der Waals surface area contributed by atoms with Gasteiger partial charge in [-0.25, -0.2) is 9.50 Å². The van der Waals surface area contributed by atoms with Gasteiger partial charge in [-0.2, -0.15) is 10.1 Å². The van der Waals surface area contributed by atoms with E-state index < -0.39 is 0 Å². The first-order valence-electron chi connectivity index (χ1n) is 6.62. The minimum atomic E-state index is 0.189. The van der Waals surface area contributed by atoms with E-state index in [1.54, 1.807) is 10.7 Å². The Morgan fingerprint density at radius 1 is 1.35 bits per heavy atom. The molecule has 0 amide bonds. The Morgan fingerprint density at radius 2 is 2.20 bits per heavy atom. The molecule has 7 nitrogen and oxygen atoms in total. The van der Waals surface area contributed by atoms with Crippen molar-refractivity contribution in [3.8, 4) is 11.4 Å². The highest BCUT2D eigenvalue weighted by Crippen LogP contribution is 2.26. The van der Waals surface area contributed by atoms with E-state index in [9.17, 15) is 0 Å². The van der Waals surface area contributed by atoms with Gasteiger partial charge in [0.05, 0.1) is 17.8 Å². The summed E-state index contributed by atoms with van der Waals surface area (Å²) in [4.78, 5) is 8.97. The summed E-state index contributed by atoms with van der Waals surface area (Å²) in [5, 5.41) is 11.6. The Kier molecular flexibility index (Phi) is 2.37. The second-order valence-electron chi connectivity index (χ2n) is 5.08. The van der Waals surface area contributed by atoms with Crippen LogP contribution in [0.3, 0.4) is 0 Å². The minimum absolute atomic E-state index is 0.189. The predicted molar refractivity (Wildman–Crippen MR) is 71.1 cm³/mol. The van der Waals surface area contributed by atoms with Crippen LogP contribution in [0.15, 0.2) is 16.8 Å². The molecule has 1 aliphatic heterocycles. The highest BCUT2D eigenvalue weighted by Gasteiger charge is 2.25. The largest absolute Gasteiger partial charge is 0.337 e. The van der Waals surface area contributed by atoms with E-state index in [0.29, 0.717) is 11.7 Å². The average Bonchev–Trinajstić information content (AvgIpc) is 2.93. The van der Waals surface area contributed by atoms with Gasteiger partial charge in [0.2, 0.25) is 11.7 Å². The lowest BCUT2D eigenvalue weighted by Crippen LogP contribution is -2.35. The first-order valence-corrected chi connectivity index (χ1v) is 6.62. The van der Waals surface area contributed by atoms with Gasteiger partial charge in [-0.05, 0) is 32.9 Å². The van der Waals surface area contributed by atoms with E-state index >= 15 is 0 Å². The van der Waals surface area contributed by atoms with Gasteiger partial charge < -0.3 is 9.84 Å². The lowest BCUT2D eigenvalue weighted by Gasteiger charge is -2.23. The number of aryl methyl sites for hydroxylation is 2. The number of aromatic nitrogens is 5. The summed E-state index contributed by atoms with van der Waals surface area (Å²) < 4.78 is 7.10. The van der Waals surface area contributed by atoms with Crippen molar-refractivity contribution in [3.05, 3.63) is 29.5 Å². The zero-order valence-electron chi connectivity index (χ0n) is 11.3. The molecular formula is C13H14N6O. The van der Waals surface area contributed by atoms with Gasteiger partial charge in [0.15, 0.2) is 5.65 Å². The maximum absolute atomic E-state index is 5.31. The summed E-state index contributed by atoms with van der Waals surface area (Å²) >= 11 is 0. The second-order valence-corrected chi connectivity index (χ2v) is 5.08. The van der Waals surface area contributed by atoms with E-state index in [-0.39, 0.29) is 6.04 Å². The first kappa shape index (κ1) is 11.5. The quantitative estimate of drug-likeness (QED) is 0.758.